The molecule has 4 heteroatoms. The quantitative estimate of drug-likeness (QED) is 0.653. The maximum atomic E-state index is 11.2. The summed E-state index contributed by atoms with van der Waals surface area (Å²) in [6, 6.07) is 5.39. The molecule has 0 atom stereocenters. The number of nitrogens with zero attached hydrogens (tertiary/aromatic N) is 2. The summed E-state index contributed by atoms with van der Waals surface area (Å²) < 4.78 is 1.63. The molecule has 0 aliphatic heterocycles. The average Bonchev–Trinajstić information content (AvgIpc) is 2.48. The lowest BCUT2D eigenvalue weighted by Crippen LogP contribution is -2.01. The van der Waals surface area contributed by atoms with Gasteiger partial charge in [0, 0.05) is 6.92 Å². The second-order valence-corrected chi connectivity index (χ2v) is 3.09. The molecule has 0 amide bonds. The number of Topliss-reactive ketones (excluding diaryl/α,β-unsaturated/α-hetero) is 1. The number of imidazole rings is 1. The van der Waals surface area contributed by atoms with Gasteiger partial charge in [-0.05, 0) is 23.7 Å². The number of aromatic nitrogens is 2. The molecule has 0 aliphatic rings. The fraction of sp³-hybridized carbons (Fsp3) is 0.111. The Morgan fingerprint density at radius 2 is 2.31 bits per heavy atom. The molecule has 0 bridgehead atoms. The third-order valence-electron chi connectivity index (χ3n) is 1.87. The first-order chi connectivity index (χ1) is 6.20. The molecule has 0 fully saturated rings. The Kier molecular flexibility index (Phi) is 1.81. The van der Waals surface area contributed by atoms with Crippen molar-refractivity contribution in [1.82, 2.24) is 9.38 Å². The molecule has 3 nitrogen and oxygen atoms in total. The van der Waals surface area contributed by atoms with Crippen molar-refractivity contribution in [1.29, 1.82) is 0 Å². The zero-order valence-corrected chi connectivity index (χ0v) is 7.75. The van der Waals surface area contributed by atoms with Crippen LogP contribution in [0.15, 0.2) is 24.4 Å². The summed E-state index contributed by atoms with van der Waals surface area (Å²) in [7, 11) is 0. The molecular formula is C9H7ClN2O. The van der Waals surface area contributed by atoms with Crippen molar-refractivity contribution in [2.45, 2.75) is 6.92 Å². The first-order valence-corrected chi connectivity index (χ1v) is 4.21. The summed E-state index contributed by atoms with van der Waals surface area (Å²) in [5, 5.41) is 0.320. The number of carbonyl (C=O) groups excluding carboxylic acids is 1. The summed E-state index contributed by atoms with van der Waals surface area (Å²) in [6.45, 7) is 1.51. The summed E-state index contributed by atoms with van der Waals surface area (Å²) in [4.78, 5) is 15.1. The van der Waals surface area contributed by atoms with E-state index < -0.39 is 0 Å². The first-order valence-electron chi connectivity index (χ1n) is 3.83. The third kappa shape index (κ3) is 1.21. The zero-order valence-electron chi connectivity index (χ0n) is 6.99. The average molecular weight is 195 g/mol. The third-order valence-corrected chi connectivity index (χ3v) is 2.14. The van der Waals surface area contributed by atoms with Gasteiger partial charge < -0.3 is 0 Å². The van der Waals surface area contributed by atoms with E-state index in [1.807, 2.05) is 12.1 Å². The van der Waals surface area contributed by atoms with E-state index in [1.165, 1.54) is 6.92 Å². The lowest BCUT2D eigenvalue weighted by molar-refractivity contribution is 0.101. The monoisotopic (exact) mass is 194 g/mol. The summed E-state index contributed by atoms with van der Waals surface area (Å²) in [6.07, 6.45) is 1.63. The van der Waals surface area contributed by atoms with Gasteiger partial charge >= 0.3 is 0 Å². The number of halogens is 1. The van der Waals surface area contributed by atoms with E-state index in [0.29, 0.717) is 11.0 Å². The van der Waals surface area contributed by atoms with E-state index >= 15 is 0 Å². The maximum Gasteiger partial charge on any atom is 0.207 e. The highest BCUT2D eigenvalue weighted by atomic mass is 35.5. The Labute approximate surface area is 80.0 Å². The van der Waals surface area contributed by atoms with Gasteiger partial charge in [0.05, 0.1) is 17.4 Å². The number of rotatable bonds is 1. The Balaban J connectivity index is 2.88. The van der Waals surface area contributed by atoms with Crippen molar-refractivity contribution < 1.29 is 4.79 Å². The second-order valence-electron chi connectivity index (χ2n) is 2.75. The number of hydrogen-bond donors (Lipinski definition) is 0. The Bertz CT molecular complexity index is 475. The second kappa shape index (κ2) is 2.85. The predicted octanol–water partition coefficient (Wildman–Crippen LogP) is 2.19. The minimum atomic E-state index is -0.0227. The minimum absolute atomic E-state index is 0.0227. The standard InChI is InChI=1S/C9H7ClN2O/c1-6(13)8-4-2-3-7-5-11-9(10)12(7)8/h2-5H,1H3. The van der Waals surface area contributed by atoms with E-state index in [9.17, 15) is 4.79 Å². The molecule has 13 heavy (non-hydrogen) atoms. The Morgan fingerprint density at radius 1 is 1.54 bits per heavy atom. The van der Waals surface area contributed by atoms with E-state index in [-0.39, 0.29) is 5.78 Å². The molecule has 0 saturated carbocycles. The van der Waals surface area contributed by atoms with Crippen LogP contribution in [0, 0.1) is 0 Å². The van der Waals surface area contributed by atoms with Gasteiger partial charge in [0.2, 0.25) is 5.28 Å². The van der Waals surface area contributed by atoms with Gasteiger partial charge in [0.25, 0.3) is 0 Å². The fourth-order valence-corrected chi connectivity index (χ4v) is 1.52. The van der Waals surface area contributed by atoms with Crippen molar-refractivity contribution in [3.8, 4) is 0 Å². The van der Waals surface area contributed by atoms with Crippen molar-refractivity contribution in [3.63, 3.8) is 0 Å². The molecule has 66 valence electrons. The lowest BCUT2D eigenvalue weighted by atomic mass is 10.2. The van der Waals surface area contributed by atoms with Crippen LogP contribution in [0.2, 0.25) is 5.28 Å². The highest BCUT2D eigenvalue weighted by Crippen LogP contribution is 2.14. The van der Waals surface area contributed by atoms with Gasteiger partial charge in [0.15, 0.2) is 5.78 Å². The van der Waals surface area contributed by atoms with Crippen LogP contribution in [0.25, 0.3) is 5.52 Å². The van der Waals surface area contributed by atoms with E-state index in [4.69, 9.17) is 11.6 Å². The molecule has 0 radical (unpaired) electrons. The van der Waals surface area contributed by atoms with Crippen molar-refractivity contribution in [3.05, 3.63) is 35.4 Å². The first kappa shape index (κ1) is 8.26. The maximum absolute atomic E-state index is 11.2. The number of carbonyl (C=O) groups is 1. The predicted molar refractivity (Wildman–Crippen MR) is 50.2 cm³/mol. The Morgan fingerprint density at radius 3 is 3.00 bits per heavy atom. The van der Waals surface area contributed by atoms with Gasteiger partial charge in [-0.1, -0.05) is 6.07 Å². The van der Waals surface area contributed by atoms with Crippen molar-refractivity contribution in [2.24, 2.45) is 0 Å². The summed E-state index contributed by atoms with van der Waals surface area (Å²) in [5.74, 6) is -0.0227. The summed E-state index contributed by atoms with van der Waals surface area (Å²) in [5.41, 5.74) is 1.39. The molecule has 2 aromatic rings. The van der Waals surface area contributed by atoms with Gasteiger partial charge in [0.1, 0.15) is 0 Å². The SMILES string of the molecule is CC(=O)c1cccc2cnc(Cl)n12. The lowest BCUT2D eigenvalue weighted by Gasteiger charge is -2.01. The topological polar surface area (TPSA) is 34.4 Å². The van der Waals surface area contributed by atoms with E-state index in [2.05, 4.69) is 4.98 Å². The summed E-state index contributed by atoms with van der Waals surface area (Å²) >= 11 is 5.82. The van der Waals surface area contributed by atoms with Gasteiger partial charge in [-0.3, -0.25) is 9.20 Å². The number of ketones is 1. The van der Waals surface area contributed by atoms with Crippen LogP contribution in [0.1, 0.15) is 17.4 Å². The molecular weight excluding hydrogens is 188 g/mol. The molecule has 2 rings (SSSR count). The number of fused-ring (bicyclic) bond motifs is 1. The molecule has 2 aromatic heterocycles. The normalized spacial score (nSPS) is 10.6. The van der Waals surface area contributed by atoms with E-state index in [1.54, 1.807) is 16.7 Å². The zero-order chi connectivity index (χ0) is 9.42. The van der Waals surface area contributed by atoms with Crippen LogP contribution < -0.4 is 0 Å². The molecule has 0 aromatic carbocycles. The van der Waals surface area contributed by atoms with Crippen LogP contribution in [0.4, 0.5) is 0 Å². The van der Waals surface area contributed by atoms with Gasteiger partial charge in [-0.25, -0.2) is 4.98 Å². The van der Waals surface area contributed by atoms with Crippen molar-refractivity contribution >= 4 is 22.9 Å². The van der Waals surface area contributed by atoms with E-state index in [0.717, 1.165) is 5.52 Å². The number of pyridine rings is 1. The van der Waals surface area contributed by atoms with Crippen LogP contribution >= 0.6 is 11.6 Å². The van der Waals surface area contributed by atoms with Crippen LogP contribution in [0.3, 0.4) is 0 Å². The van der Waals surface area contributed by atoms with Gasteiger partial charge in [-0.15, -0.1) is 0 Å². The van der Waals surface area contributed by atoms with Crippen LogP contribution in [-0.4, -0.2) is 15.2 Å². The van der Waals surface area contributed by atoms with Crippen molar-refractivity contribution in [2.75, 3.05) is 0 Å². The molecule has 2 heterocycles. The molecule has 0 aliphatic carbocycles. The number of hydrogen-bond acceptors (Lipinski definition) is 2. The minimum Gasteiger partial charge on any atom is -0.293 e. The fourth-order valence-electron chi connectivity index (χ4n) is 1.28. The van der Waals surface area contributed by atoms with Crippen LogP contribution in [-0.2, 0) is 0 Å². The largest absolute Gasteiger partial charge is 0.293 e. The smallest absolute Gasteiger partial charge is 0.207 e. The highest BCUT2D eigenvalue weighted by molar-refractivity contribution is 6.29. The molecule has 0 N–H and O–H groups in total. The molecule has 0 unspecified atom stereocenters. The van der Waals surface area contributed by atoms with Crippen LogP contribution in [0.5, 0.6) is 0 Å². The van der Waals surface area contributed by atoms with Gasteiger partial charge in [-0.2, -0.15) is 0 Å². The molecule has 0 saturated heterocycles. The highest BCUT2D eigenvalue weighted by Gasteiger charge is 2.07. The molecule has 0 spiro atoms. The Hall–Kier alpha value is -1.35.